The molecule has 0 amide bonds. The number of hydrogen-bond acceptors (Lipinski definition) is 3. The largest absolute Gasteiger partial charge is 0.481 e. The Labute approximate surface area is 268 Å². The number of hydrogen-bond donors (Lipinski definition) is 3. The maximum absolute atomic E-state index is 10.3. The average molecular weight is 611 g/mol. The molecule has 0 fully saturated rings. The molecule has 5 nitrogen and oxygen atoms in total. The molecule has 0 radical (unpaired) electrons. The predicted octanol–water partition coefficient (Wildman–Crippen LogP) is 12.2. The van der Waals surface area contributed by atoms with E-state index in [1.165, 1.54) is 141 Å². The van der Waals surface area contributed by atoms with Crippen LogP contribution in [0.5, 0.6) is 0 Å². The first-order chi connectivity index (χ1) is 21.0. The molecule has 0 rings (SSSR count). The van der Waals surface area contributed by atoms with E-state index in [-0.39, 0.29) is 6.61 Å². The Morgan fingerprint density at radius 3 is 0.837 bits per heavy atom. The summed E-state index contributed by atoms with van der Waals surface area (Å²) in [5.41, 5.74) is 0. The summed E-state index contributed by atoms with van der Waals surface area (Å²) in [6.07, 6.45) is 42.5. The second-order valence-electron chi connectivity index (χ2n) is 11.8. The van der Waals surface area contributed by atoms with E-state index in [4.69, 9.17) is 15.3 Å². The summed E-state index contributed by atoms with van der Waals surface area (Å²) in [6.45, 7) is 6.45. The van der Waals surface area contributed by atoms with E-state index in [0.717, 1.165) is 25.7 Å². The standard InChI is InChI=1S/2C18H34O2.C2H6O/c2*1-2-3-4-5-6-7-8-9-10-11-12-13-14-15-16-17-18(19)20;1-2-3/h2*9-10H,2-8,11-17H2,1H3,(H,19,20);3H,2H2,1H3/b2*10-9-;. The molecule has 0 atom stereocenters. The molecule has 0 saturated carbocycles. The summed E-state index contributed by atoms with van der Waals surface area (Å²) < 4.78 is 0. The Hall–Kier alpha value is -1.62. The molecule has 256 valence electrons. The van der Waals surface area contributed by atoms with Gasteiger partial charge in [0.15, 0.2) is 0 Å². The molecule has 3 N–H and O–H groups in total. The number of aliphatic hydroxyl groups excluding tert-OH is 1. The minimum absolute atomic E-state index is 0.250. The Balaban J connectivity index is -0.000000681. The number of aliphatic carboxylic acids is 2. The van der Waals surface area contributed by atoms with Crippen molar-refractivity contribution >= 4 is 11.9 Å². The van der Waals surface area contributed by atoms with Gasteiger partial charge in [0, 0.05) is 19.4 Å². The number of rotatable bonds is 30. The van der Waals surface area contributed by atoms with Gasteiger partial charge in [-0.3, -0.25) is 9.59 Å². The molecule has 0 bridgehead atoms. The molecular weight excluding hydrogens is 536 g/mol. The van der Waals surface area contributed by atoms with E-state index < -0.39 is 11.9 Å². The summed E-state index contributed by atoms with van der Waals surface area (Å²) in [7, 11) is 0. The number of aliphatic hydroxyl groups is 1. The van der Waals surface area contributed by atoms with Crippen LogP contribution < -0.4 is 0 Å². The molecule has 0 aromatic rings. The smallest absolute Gasteiger partial charge is 0.303 e. The van der Waals surface area contributed by atoms with Gasteiger partial charge in [0.2, 0.25) is 0 Å². The van der Waals surface area contributed by atoms with Gasteiger partial charge in [0.1, 0.15) is 0 Å². The maximum atomic E-state index is 10.3. The Bertz CT molecular complexity index is 535. The van der Waals surface area contributed by atoms with E-state index in [1.807, 2.05) is 0 Å². The molecule has 0 aromatic carbocycles. The molecule has 0 aliphatic heterocycles. The Morgan fingerprint density at radius 2 is 0.605 bits per heavy atom. The van der Waals surface area contributed by atoms with Gasteiger partial charge in [-0.1, -0.05) is 141 Å². The van der Waals surface area contributed by atoms with Gasteiger partial charge in [-0.2, -0.15) is 0 Å². The van der Waals surface area contributed by atoms with Crippen LogP contribution in [-0.2, 0) is 9.59 Å². The third-order valence-electron chi connectivity index (χ3n) is 7.30. The lowest BCUT2D eigenvalue weighted by Crippen LogP contribution is -1.93. The zero-order chi connectivity index (χ0) is 32.5. The summed E-state index contributed by atoms with van der Waals surface area (Å²) >= 11 is 0. The van der Waals surface area contributed by atoms with E-state index in [2.05, 4.69) is 38.2 Å². The second-order valence-corrected chi connectivity index (χ2v) is 11.8. The number of carboxylic acids is 2. The van der Waals surface area contributed by atoms with Gasteiger partial charge >= 0.3 is 11.9 Å². The first-order valence-electron chi connectivity index (χ1n) is 18.3. The molecule has 0 unspecified atom stereocenters. The topological polar surface area (TPSA) is 94.8 Å². The quantitative estimate of drug-likeness (QED) is 0.0555. The highest BCUT2D eigenvalue weighted by Gasteiger charge is 1.97. The maximum Gasteiger partial charge on any atom is 0.303 e. The molecule has 0 saturated heterocycles. The van der Waals surface area contributed by atoms with Crippen LogP contribution in [-0.4, -0.2) is 33.9 Å². The minimum Gasteiger partial charge on any atom is -0.481 e. The summed E-state index contributed by atoms with van der Waals surface area (Å²) in [4.78, 5) is 20.6. The second kappa shape index (κ2) is 44.8. The molecule has 5 heteroatoms. The van der Waals surface area contributed by atoms with Crippen molar-refractivity contribution in [2.24, 2.45) is 0 Å². The third kappa shape index (κ3) is 56.7. The van der Waals surface area contributed by atoms with Crippen molar-refractivity contribution in [3.8, 4) is 0 Å². The average Bonchev–Trinajstić information content (AvgIpc) is 2.97. The SMILES string of the molecule is CCCCCCCC/C=C\CCCCCCCC(=O)O.CCCCCCCC/C=C\CCCCCCCC(=O)O.CCO. The van der Waals surface area contributed by atoms with Crippen LogP contribution in [0.25, 0.3) is 0 Å². The lowest BCUT2D eigenvalue weighted by atomic mass is 10.1. The van der Waals surface area contributed by atoms with Crippen molar-refractivity contribution in [1.82, 2.24) is 0 Å². The van der Waals surface area contributed by atoms with Gasteiger partial charge in [-0.05, 0) is 71.1 Å². The number of unbranched alkanes of at least 4 members (excludes halogenated alkanes) is 22. The van der Waals surface area contributed by atoms with Gasteiger partial charge in [-0.15, -0.1) is 0 Å². The van der Waals surface area contributed by atoms with Crippen LogP contribution in [0.15, 0.2) is 24.3 Å². The van der Waals surface area contributed by atoms with Crippen molar-refractivity contribution < 1.29 is 24.9 Å². The van der Waals surface area contributed by atoms with Crippen LogP contribution in [0, 0.1) is 0 Å². The van der Waals surface area contributed by atoms with Crippen LogP contribution >= 0.6 is 0 Å². The molecular formula is C38H74O5. The number of allylic oxidation sites excluding steroid dienone is 4. The first kappa shape index (κ1) is 45.8. The highest BCUT2D eigenvalue weighted by molar-refractivity contribution is 5.66. The summed E-state index contributed by atoms with van der Waals surface area (Å²) in [5.74, 6) is -1.33. The zero-order valence-electron chi connectivity index (χ0n) is 29.0. The number of carboxylic acid groups (broad SMARTS) is 2. The van der Waals surface area contributed by atoms with Gasteiger partial charge in [0.05, 0.1) is 0 Å². The molecule has 0 spiro atoms. The van der Waals surface area contributed by atoms with E-state index in [1.54, 1.807) is 6.92 Å². The van der Waals surface area contributed by atoms with Crippen LogP contribution in [0.4, 0.5) is 0 Å². The fraction of sp³-hybridized carbons (Fsp3) is 0.842. The highest BCUT2D eigenvalue weighted by Crippen LogP contribution is 2.11. The van der Waals surface area contributed by atoms with Gasteiger partial charge in [0.25, 0.3) is 0 Å². The molecule has 0 aliphatic carbocycles. The van der Waals surface area contributed by atoms with Crippen molar-refractivity contribution in [3.05, 3.63) is 24.3 Å². The monoisotopic (exact) mass is 611 g/mol. The lowest BCUT2D eigenvalue weighted by Gasteiger charge is -1.99. The van der Waals surface area contributed by atoms with Crippen LogP contribution in [0.2, 0.25) is 0 Å². The zero-order valence-corrected chi connectivity index (χ0v) is 29.0. The van der Waals surface area contributed by atoms with Gasteiger partial charge < -0.3 is 15.3 Å². The van der Waals surface area contributed by atoms with E-state index >= 15 is 0 Å². The highest BCUT2D eigenvalue weighted by atomic mass is 16.4. The summed E-state index contributed by atoms with van der Waals surface area (Å²) in [6, 6.07) is 0. The fourth-order valence-electron chi connectivity index (χ4n) is 4.69. The van der Waals surface area contributed by atoms with Crippen molar-refractivity contribution in [1.29, 1.82) is 0 Å². The first-order valence-corrected chi connectivity index (χ1v) is 18.3. The molecule has 43 heavy (non-hydrogen) atoms. The number of carbonyl (C=O) groups is 2. The molecule has 0 heterocycles. The Morgan fingerprint density at radius 1 is 0.395 bits per heavy atom. The summed E-state index contributed by atoms with van der Waals surface area (Å²) in [5, 5.41) is 24.6. The van der Waals surface area contributed by atoms with Crippen molar-refractivity contribution in [2.75, 3.05) is 6.61 Å². The Kier molecular flexibility index (Phi) is 47.7. The minimum atomic E-state index is -0.664. The third-order valence-corrected chi connectivity index (χ3v) is 7.30. The van der Waals surface area contributed by atoms with Crippen LogP contribution in [0.1, 0.15) is 201 Å². The fourth-order valence-corrected chi connectivity index (χ4v) is 4.69. The van der Waals surface area contributed by atoms with Crippen molar-refractivity contribution in [3.63, 3.8) is 0 Å². The van der Waals surface area contributed by atoms with Crippen LogP contribution in [0.3, 0.4) is 0 Å². The van der Waals surface area contributed by atoms with Gasteiger partial charge in [-0.25, -0.2) is 0 Å². The van der Waals surface area contributed by atoms with E-state index in [9.17, 15) is 9.59 Å². The van der Waals surface area contributed by atoms with E-state index in [0.29, 0.717) is 12.8 Å². The molecule has 0 aliphatic rings. The normalized spacial score (nSPS) is 10.9. The predicted molar refractivity (Wildman–Crippen MR) is 187 cm³/mol. The molecule has 0 aromatic heterocycles. The van der Waals surface area contributed by atoms with Crippen molar-refractivity contribution in [2.45, 2.75) is 201 Å². The lowest BCUT2D eigenvalue weighted by molar-refractivity contribution is -0.138.